The van der Waals surface area contributed by atoms with Crippen LogP contribution in [0, 0.1) is 6.92 Å². The van der Waals surface area contributed by atoms with Gasteiger partial charge in [0.2, 0.25) is 0 Å². The molecule has 3 aromatic rings. The first-order valence-corrected chi connectivity index (χ1v) is 13.1. The summed E-state index contributed by atoms with van der Waals surface area (Å²) in [5, 5.41) is 4.31. The predicted octanol–water partition coefficient (Wildman–Crippen LogP) is 3.96. The predicted molar refractivity (Wildman–Crippen MR) is 139 cm³/mol. The van der Waals surface area contributed by atoms with Gasteiger partial charge in [-0.1, -0.05) is 66.2 Å². The highest BCUT2D eigenvalue weighted by molar-refractivity contribution is 7.92. The van der Waals surface area contributed by atoms with Crippen molar-refractivity contribution in [1.29, 1.82) is 0 Å². The number of amides is 1. The molecular weight excluding hydrogens is 460 g/mol. The summed E-state index contributed by atoms with van der Waals surface area (Å²) >= 11 is 0. The number of hydrogen-bond donors (Lipinski definition) is 1. The van der Waals surface area contributed by atoms with Gasteiger partial charge in [-0.2, -0.15) is 5.10 Å². The van der Waals surface area contributed by atoms with Crippen molar-refractivity contribution >= 4 is 27.3 Å². The third kappa shape index (κ3) is 6.55. The van der Waals surface area contributed by atoms with E-state index in [1.54, 1.807) is 30.3 Å². The highest BCUT2D eigenvalue weighted by atomic mass is 32.2. The molecule has 7 nitrogen and oxygen atoms in total. The van der Waals surface area contributed by atoms with Crippen LogP contribution in [-0.2, 0) is 21.4 Å². The van der Waals surface area contributed by atoms with Gasteiger partial charge < -0.3 is 0 Å². The van der Waals surface area contributed by atoms with Gasteiger partial charge in [0.05, 0.1) is 10.6 Å². The second-order valence-electron chi connectivity index (χ2n) is 8.64. The molecule has 0 saturated carbocycles. The van der Waals surface area contributed by atoms with Crippen LogP contribution in [0.5, 0.6) is 0 Å². The second-order valence-corrected chi connectivity index (χ2v) is 10.5. The monoisotopic (exact) mass is 490 g/mol. The molecule has 1 N–H and O–H groups in total. The fourth-order valence-electron chi connectivity index (χ4n) is 3.98. The summed E-state index contributed by atoms with van der Waals surface area (Å²) in [4.78, 5) is 15.3. The van der Waals surface area contributed by atoms with Gasteiger partial charge in [-0.05, 0) is 36.8 Å². The number of nitrogens with zero attached hydrogens (tertiary/aromatic N) is 3. The molecule has 35 heavy (non-hydrogen) atoms. The number of rotatable bonds is 8. The zero-order valence-electron chi connectivity index (χ0n) is 19.8. The van der Waals surface area contributed by atoms with Crippen LogP contribution in [0.1, 0.15) is 24.0 Å². The molecule has 0 spiro atoms. The van der Waals surface area contributed by atoms with E-state index < -0.39 is 15.9 Å². The van der Waals surface area contributed by atoms with Crippen molar-refractivity contribution in [2.75, 3.05) is 23.9 Å². The van der Waals surface area contributed by atoms with Crippen molar-refractivity contribution in [3.63, 3.8) is 0 Å². The van der Waals surface area contributed by atoms with E-state index >= 15 is 0 Å². The molecule has 3 aromatic carbocycles. The SMILES string of the molecule is Cc1ccc(N(CC(=O)NN=C2CCN(Cc3ccccc3)CC2)S(=O)(=O)c2ccccc2)cc1. The van der Waals surface area contributed by atoms with Crippen LogP contribution in [0.15, 0.2) is 94.9 Å². The largest absolute Gasteiger partial charge is 0.298 e. The van der Waals surface area contributed by atoms with Crippen molar-refractivity contribution in [1.82, 2.24) is 10.3 Å². The number of hydrazone groups is 1. The summed E-state index contributed by atoms with van der Waals surface area (Å²) in [6, 6.07) is 25.5. The number of carbonyl (C=O) groups is 1. The fraction of sp³-hybridized carbons (Fsp3) is 0.259. The van der Waals surface area contributed by atoms with Crippen molar-refractivity contribution in [3.05, 3.63) is 96.1 Å². The molecule has 0 unspecified atom stereocenters. The Labute approximate surface area is 207 Å². The molecule has 8 heteroatoms. The second kappa shape index (κ2) is 11.3. The molecule has 4 rings (SSSR count). The quantitative estimate of drug-likeness (QED) is 0.485. The van der Waals surface area contributed by atoms with Crippen molar-refractivity contribution in [2.45, 2.75) is 31.2 Å². The maximum absolute atomic E-state index is 13.3. The number of anilines is 1. The van der Waals surface area contributed by atoms with Gasteiger partial charge in [0, 0.05) is 38.2 Å². The van der Waals surface area contributed by atoms with E-state index in [4.69, 9.17) is 0 Å². The summed E-state index contributed by atoms with van der Waals surface area (Å²) in [5.41, 5.74) is 6.19. The first-order valence-electron chi connectivity index (χ1n) is 11.7. The summed E-state index contributed by atoms with van der Waals surface area (Å²) in [7, 11) is -3.92. The van der Waals surface area contributed by atoms with Gasteiger partial charge in [-0.3, -0.25) is 14.0 Å². The van der Waals surface area contributed by atoms with Gasteiger partial charge in [0.15, 0.2) is 0 Å². The number of carbonyl (C=O) groups excluding carboxylic acids is 1. The van der Waals surface area contributed by atoms with Crippen LogP contribution in [0.4, 0.5) is 5.69 Å². The molecule has 182 valence electrons. The Morgan fingerprint density at radius 3 is 2.14 bits per heavy atom. The van der Waals surface area contributed by atoms with Crippen LogP contribution in [0.2, 0.25) is 0 Å². The lowest BCUT2D eigenvalue weighted by atomic mass is 10.1. The average Bonchev–Trinajstić information content (AvgIpc) is 2.88. The van der Waals surface area contributed by atoms with E-state index in [0.717, 1.165) is 48.1 Å². The minimum absolute atomic E-state index is 0.130. The molecule has 1 amide bonds. The molecule has 0 bridgehead atoms. The third-order valence-corrected chi connectivity index (χ3v) is 7.75. The van der Waals surface area contributed by atoms with E-state index in [2.05, 4.69) is 27.6 Å². The molecule has 0 radical (unpaired) electrons. The molecule has 1 fully saturated rings. The van der Waals surface area contributed by atoms with E-state index in [-0.39, 0.29) is 11.4 Å². The number of nitrogens with one attached hydrogen (secondary N) is 1. The van der Waals surface area contributed by atoms with Gasteiger partial charge in [0.25, 0.3) is 15.9 Å². The van der Waals surface area contributed by atoms with Crippen molar-refractivity contribution < 1.29 is 13.2 Å². The minimum Gasteiger partial charge on any atom is -0.298 e. The standard InChI is InChI=1S/C27H30N4O3S/c1-22-12-14-25(15-13-22)31(35(33,34)26-10-6-3-7-11-26)21-27(32)29-28-24-16-18-30(19-17-24)20-23-8-4-2-5-9-23/h2-15H,16-21H2,1H3,(H,29,32). The van der Waals surface area contributed by atoms with Crippen LogP contribution >= 0.6 is 0 Å². The van der Waals surface area contributed by atoms with Crippen LogP contribution in [0.3, 0.4) is 0 Å². The Bertz CT molecular complexity index is 1250. The van der Waals surface area contributed by atoms with Gasteiger partial charge in [-0.25, -0.2) is 13.8 Å². The number of piperidine rings is 1. The number of aryl methyl sites for hydroxylation is 1. The lowest BCUT2D eigenvalue weighted by Gasteiger charge is -2.27. The number of hydrogen-bond acceptors (Lipinski definition) is 5. The first kappa shape index (κ1) is 24.6. The topological polar surface area (TPSA) is 82.1 Å². The molecule has 1 saturated heterocycles. The first-order chi connectivity index (χ1) is 16.9. The zero-order valence-corrected chi connectivity index (χ0v) is 20.6. The normalized spacial score (nSPS) is 14.4. The molecule has 0 atom stereocenters. The number of benzene rings is 3. The Morgan fingerprint density at radius 2 is 1.51 bits per heavy atom. The van der Waals surface area contributed by atoms with E-state index in [1.807, 2.05) is 37.3 Å². The smallest absolute Gasteiger partial charge is 0.264 e. The van der Waals surface area contributed by atoms with Gasteiger partial charge >= 0.3 is 0 Å². The summed E-state index contributed by atoms with van der Waals surface area (Å²) in [6.07, 6.45) is 1.52. The zero-order chi connectivity index (χ0) is 24.7. The maximum Gasteiger partial charge on any atom is 0.264 e. The Hall–Kier alpha value is -3.49. The molecule has 1 aliphatic rings. The minimum atomic E-state index is -3.92. The molecule has 1 aliphatic heterocycles. The van der Waals surface area contributed by atoms with Crippen LogP contribution in [0.25, 0.3) is 0 Å². The lowest BCUT2D eigenvalue weighted by Crippen LogP contribution is -2.40. The average molecular weight is 491 g/mol. The Kier molecular flexibility index (Phi) is 7.94. The summed E-state index contributed by atoms with van der Waals surface area (Å²) in [5.74, 6) is -0.482. The Morgan fingerprint density at radius 1 is 0.914 bits per heavy atom. The summed E-state index contributed by atoms with van der Waals surface area (Å²) in [6.45, 7) is 4.18. The van der Waals surface area contributed by atoms with E-state index in [0.29, 0.717) is 5.69 Å². The summed E-state index contributed by atoms with van der Waals surface area (Å²) < 4.78 is 27.8. The Balaban J connectivity index is 1.40. The molecule has 0 aliphatic carbocycles. The maximum atomic E-state index is 13.3. The van der Waals surface area contributed by atoms with E-state index in [9.17, 15) is 13.2 Å². The third-order valence-electron chi connectivity index (χ3n) is 5.96. The van der Waals surface area contributed by atoms with Crippen molar-refractivity contribution in [2.24, 2.45) is 5.10 Å². The van der Waals surface area contributed by atoms with Gasteiger partial charge in [-0.15, -0.1) is 0 Å². The highest BCUT2D eigenvalue weighted by Crippen LogP contribution is 2.24. The van der Waals surface area contributed by atoms with Crippen LogP contribution in [-0.4, -0.2) is 44.6 Å². The van der Waals surface area contributed by atoms with Gasteiger partial charge in [0.1, 0.15) is 6.54 Å². The fourth-order valence-corrected chi connectivity index (χ4v) is 5.42. The van der Waals surface area contributed by atoms with E-state index in [1.165, 1.54) is 17.7 Å². The lowest BCUT2D eigenvalue weighted by molar-refractivity contribution is -0.119. The van der Waals surface area contributed by atoms with Crippen LogP contribution < -0.4 is 9.73 Å². The number of sulfonamides is 1. The molecular formula is C27H30N4O3S. The molecule has 1 heterocycles. The number of likely N-dealkylation sites (tertiary alicyclic amines) is 1. The molecule has 0 aromatic heterocycles. The van der Waals surface area contributed by atoms with Crippen molar-refractivity contribution in [3.8, 4) is 0 Å². The highest BCUT2D eigenvalue weighted by Gasteiger charge is 2.27.